The molecule has 0 saturated carbocycles. The highest BCUT2D eigenvalue weighted by Gasteiger charge is 2.32. The Morgan fingerprint density at radius 3 is 2.76 bits per heavy atom. The molecule has 1 N–H and O–H groups in total. The van der Waals surface area contributed by atoms with Crippen LogP contribution in [0.1, 0.15) is 23.2 Å². The highest BCUT2D eigenvalue weighted by atomic mass is 16.2. The van der Waals surface area contributed by atoms with E-state index >= 15 is 0 Å². The van der Waals surface area contributed by atoms with Crippen molar-refractivity contribution >= 4 is 11.7 Å². The van der Waals surface area contributed by atoms with Crippen molar-refractivity contribution < 1.29 is 4.79 Å². The molecule has 2 heterocycles. The van der Waals surface area contributed by atoms with Gasteiger partial charge in [-0.25, -0.2) is 0 Å². The number of aryl methyl sites for hydroxylation is 1. The first-order valence-corrected chi connectivity index (χ1v) is 5.44. The Kier molecular flexibility index (Phi) is 2.65. The Labute approximate surface area is 100 Å². The van der Waals surface area contributed by atoms with E-state index in [-0.39, 0.29) is 11.8 Å². The first-order valence-electron chi connectivity index (χ1n) is 5.44. The average molecular weight is 227 g/mol. The zero-order valence-electron chi connectivity index (χ0n) is 9.87. The van der Waals surface area contributed by atoms with E-state index in [1.807, 2.05) is 13.8 Å². The van der Waals surface area contributed by atoms with Crippen molar-refractivity contribution in [1.29, 1.82) is 5.26 Å². The van der Waals surface area contributed by atoms with Gasteiger partial charge in [0.2, 0.25) is 5.91 Å². The number of aromatic amines is 1. The molecule has 1 aliphatic rings. The van der Waals surface area contributed by atoms with Gasteiger partial charge in [-0.15, -0.1) is 12.3 Å². The summed E-state index contributed by atoms with van der Waals surface area (Å²) in [6.07, 6.45) is 5.70. The fraction of sp³-hybridized carbons (Fsp3) is 0.385. The van der Waals surface area contributed by atoms with Crippen LogP contribution in [0.15, 0.2) is 0 Å². The molecule has 1 aromatic heterocycles. The van der Waals surface area contributed by atoms with Crippen molar-refractivity contribution in [2.24, 2.45) is 5.92 Å². The van der Waals surface area contributed by atoms with E-state index < -0.39 is 0 Å². The quantitative estimate of drug-likeness (QED) is 0.739. The molecule has 4 heteroatoms. The largest absolute Gasteiger partial charge is 0.344 e. The van der Waals surface area contributed by atoms with E-state index in [4.69, 9.17) is 11.7 Å². The number of rotatable bonds is 1. The molecule has 0 aliphatic carbocycles. The summed E-state index contributed by atoms with van der Waals surface area (Å²) in [5.74, 6) is 3.10. The second-order valence-electron chi connectivity index (χ2n) is 4.28. The Hall–Kier alpha value is -2.20. The third-order valence-corrected chi connectivity index (χ3v) is 3.22. The van der Waals surface area contributed by atoms with Crippen LogP contribution in [0.5, 0.6) is 0 Å². The van der Waals surface area contributed by atoms with Gasteiger partial charge in [0.1, 0.15) is 11.9 Å². The summed E-state index contributed by atoms with van der Waals surface area (Å²) in [6.45, 7) is 4.25. The topological polar surface area (TPSA) is 59.9 Å². The van der Waals surface area contributed by atoms with Crippen LogP contribution >= 0.6 is 0 Å². The number of nitriles is 1. The number of carbonyl (C=O) groups is 1. The number of nitrogens with zero attached hydrogens (tertiary/aromatic N) is 2. The summed E-state index contributed by atoms with van der Waals surface area (Å²) in [6, 6.07) is 2.14. The number of amides is 1. The molecule has 1 saturated heterocycles. The summed E-state index contributed by atoms with van der Waals surface area (Å²) in [7, 11) is 0. The van der Waals surface area contributed by atoms with Gasteiger partial charge in [0.05, 0.1) is 5.56 Å². The minimum Gasteiger partial charge on any atom is -0.344 e. The second-order valence-corrected chi connectivity index (χ2v) is 4.28. The van der Waals surface area contributed by atoms with Crippen molar-refractivity contribution in [2.45, 2.75) is 20.3 Å². The van der Waals surface area contributed by atoms with Gasteiger partial charge in [-0.2, -0.15) is 5.26 Å². The number of carbonyl (C=O) groups excluding carboxylic acids is 1. The number of hydrogen-bond acceptors (Lipinski definition) is 2. The molecule has 0 radical (unpaired) electrons. The lowest BCUT2D eigenvalue weighted by Gasteiger charge is -2.14. The van der Waals surface area contributed by atoms with E-state index in [9.17, 15) is 4.79 Å². The molecule has 0 spiro atoms. The van der Waals surface area contributed by atoms with Crippen LogP contribution in [0.4, 0.5) is 5.82 Å². The summed E-state index contributed by atoms with van der Waals surface area (Å²) in [5.41, 5.74) is 2.33. The third-order valence-electron chi connectivity index (χ3n) is 3.22. The van der Waals surface area contributed by atoms with E-state index in [1.165, 1.54) is 0 Å². The number of H-pyrrole nitrogens is 1. The van der Waals surface area contributed by atoms with Crippen LogP contribution < -0.4 is 4.90 Å². The minimum absolute atomic E-state index is 0.0225. The van der Waals surface area contributed by atoms with E-state index in [0.29, 0.717) is 24.3 Å². The maximum absolute atomic E-state index is 11.8. The predicted octanol–water partition coefficient (Wildman–Crippen LogP) is 1.49. The fourth-order valence-electron chi connectivity index (χ4n) is 2.07. The average Bonchev–Trinajstić information content (AvgIpc) is 2.81. The first kappa shape index (κ1) is 11.3. The molecule has 1 aliphatic heterocycles. The standard InChI is InChI=1S/C13H13N3O/c1-4-10-5-12(17)16(7-10)13-11(6-14)8(2)9(3)15-13/h1,10,15H,5,7H2,2-3H3. The zero-order chi connectivity index (χ0) is 12.6. The number of aromatic nitrogens is 1. The SMILES string of the molecule is C#CC1CC(=O)N(c2[nH]c(C)c(C)c2C#N)C1. The Balaban J connectivity index is 2.43. The molecule has 1 atom stereocenters. The first-order chi connectivity index (χ1) is 8.08. The lowest BCUT2D eigenvalue weighted by Crippen LogP contribution is -2.25. The molecule has 17 heavy (non-hydrogen) atoms. The summed E-state index contributed by atoms with van der Waals surface area (Å²) in [5, 5.41) is 9.13. The van der Waals surface area contributed by atoms with Gasteiger partial charge in [-0.05, 0) is 19.4 Å². The van der Waals surface area contributed by atoms with Crippen molar-refractivity contribution in [3.05, 3.63) is 16.8 Å². The van der Waals surface area contributed by atoms with Gasteiger partial charge in [-0.3, -0.25) is 9.69 Å². The summed E-state index contributed by atoms with van der Waals surface area (Å²) in [4.78, 5) is 16.5. The van der Waals surface area contributed by atoms with Crippen molar-refractivity contribution in [3.8, 4) is 18.4 Å². The van der Waals surface area contributed by atoms with E-state index in [0.717, 1.165) is 11.3 Å². The molecule has 1 unspecified atom stereocenters. The molecule has 1 fully saturated rings. The predicted molar refractivity (Wildman–Crippen MR) is 64.3 cm³/mol. The number of terminal acetylenes is 1. The Morgan fingerprint density at radius 1 is 1.53 bits per heavy atom. The highest BCUT2D eigenvalue weighted by molar-refractivity contribution is 5.96. The fourth-order valence-corrected chi connectivity index (χ4v) is 2.07. The van der Waals surface area contributed by atoms with Gasteiger partial charge in [0.25, 0.3) is 0 Å². The smallest absolute Gasteiger partial charge is 0.229 e. The van der Waals surface area contributed by atoms with E-state index in [2.05, 4.69) is 17.0 Å². The lowest BCUT2D eigenvalue weighted by molar-refractivity contribution is -0.117. The van der Waals surface area contributed by atoms with Crippen LogP contribution in [0, 0.1) is 43.4 Å². The summed E-state index contributed by atoms with van der Waals surface area (Å²) >= 11 is 0. The highest BCUT2D eigenvalue weighted by Crippen LogP contribution is 2.29. The van der Waals surface area contributed by atoms with Gasteiger partial charge in [0.15, 0.2) is 0 Å². The van der Waals surface area contributed by atoms with Crippen LogP contribution in [0.3, 0.4) is 0 Å². The maximum Gasteiger partial charge on any atom is 0.229 e. The maximum atomic E-state index is 11.8. The van der Waals surface area contributed by atoms with Crippen molar-refractivity contribution in [1.82, 2.24) is 4.98 Å². The number of anilines is 1. The summed E-state index contributed by atoms with van der Waals surface area (Å²) < 4.78 is 0. The molecule has 1 amide bonds. The Bertz CT molecular complexity index is 556. The van der Waals surface area contributed by atoms with Crippen molar-refractivity contribution in [2.75, 3.05) is 11.4 Å². The van der Waals surface area contributed by atoms with Crippen LogP contribution in [0.2, 0.25) is 0 Å². The lowest BCUT2D eigenvalue weighted by atomic mass is 10.1. The van der Waals surface area contributed by atoms with Gasteiger partial charge in [0, 0.05) is 24.6 Å². The minimum atomic E-state index is -0.0574. The van der Waals surface area contributed by atoms with Crippen LogP contribution in [-0.2, 0) is 4.79 Å². The molecule has 2 rings (SSSR count). The molecule has 0 bridgehead atoms. The van der Waals surface area contributed by atoms with Gasteiger partial charge in [-0.1, -0.05) is 0 Å². The van der Waals surface area contributed by atoms with Crippen LogP contribution in [0.25, 0.3) is 0 Å². The third kappa shape index (κ3) is 1.68. The van der Waals surface area contributed by atoms with Crippen molar-refractivity contribution in [3.63, 3.8) is 0 Å². The number of hydrogen-bond donors (Lipinski definition) is 1. The molecular weight excluding hydrogens is 214 g/mol. The molecule has 86 valence electrons. The molecule has 0 aromatic carbocycles. The molecular formula is C13H13N3O. The normalized spacial score (nSPS) is 19.2. The second kappa shape index (κ2) is 3.99. The van der Waals surface area contributed by atoms with E-state index in [1.54, 1.807) is 4.90 Å². The van der Waals surface area contributed by atoms with Gasteiger partial charge < -0.3 is 4.98 Å². The number of nitrogens with one attached hydrogen (secondary N) is 1. The molecule has 1 aromatic rings. The Morgan fingerprint density at radius 2 is 2.24 bits per heavy atom. The zero-order valence-corrected chi connectivity index (χ0v) is 9.87. The monoisotopic (exact) mass is 227 g/mol. The molecule has 4 nitrogen and oxygen atoms in total. The van der Waals surface area contributed by atoms with Crippen LogP contribution in [-0.4, -0.2) is 17.4 Å². The van der Waals surface area contributed by atoms with Gasteiger partial charge >= 0.3 is 0 Å².